The van der Waals surface area contributed by atoms with Crippen LogP contribution in [0.2, 0.25) is 0 Å². The number of thioether (sulfide) groups is 1. The first-order valence-electron chi connectivity index (χ1n) is 7.51. The van der Waals surface area contributed by atoms with Gasteiger partial charge in [0, 0.05) is 23.2 Å². The number of aromatic nitrogens is 1. The van der Waals surface area contributed by atoms with Gasteiger partial charge < -0.3 is 5.32 Å². The van der Waals surface area contributed by atoms with Gasteiger partial charge in [0.15, 0.2) is 0 Å². The van der Waals surface area contributed by atoms with E-state index in [0.717, 1.165) is 24.8 Å². The quantitative estimate of drug-likeness (QED) is 0.808. The molecule has 1 aromatic rings. The number of thiazole rings is 1. The third-order valence-corrected chi connectivity index (χ3v) is 5.99. The maximum atomic E-state index is 4.80. The van der Waals surface area contributed by atoms with Crippen LogP contribution >= 0.6 is 23.1 Å². The molecule has 19 heavy (non-hydrogen) atoms. The molecule has 108 valence electrons. The fraction of sp³-hybridized carbons (Fsp3) is 0.800. The van der Waals surface area contributed by atoms with Gasteiger partial charge in [-0.15, -0.1) is 11.3 Å². The predicted octanol–water partition coefficient (Wildman–Crippen LogP) is 4.38. The van der Waals surface area contributed by atoms with Crippen molar-refractivity contribution < 1.29 is 0 Å². The van der Waals surface area contributed by atoms with Crippen molar-refractivity contribution in [2.75, 3.05) is 0 Å². The first-order chi connectivity index (χ1) is 9.19. The van der Waals surface area contributed by atoms with Crippen LogP contribution in [0.3, 0.4) is 0 Å². The Morgan fingerprint density at radius 2 is 2.11 bits per heavy atom. The lowest BCUT2D eigenvalue weighted by molar-refractivity contribution is 0.525. The first kappa shape index (κ1) is 15.3. The third-order valence-electron chi connectivity index (χ3n) is 3.60. The third kappa shape index (κ3) is 4.76. The Labute approximate surface area is 125 Å². The predicted molar refractivity (Wildman–Crippen MR) is 87.0 cm³/mol. The van der Waals surface area contributed by atoms with Gasteiger partial charge in [0.25, 0.3) is 0 Å². The fourth-order valence-electron chi connectivity index (χ4n) is 2.52. The monoisotopic (exact) mass is 298 g/mol. The van der Waals surface area contributed by atoms with Gasteiger partial charge in [-0.05, 0) is 24.5 Å². The minimum absolute atomic E-state index is 0.689. The average molecular weight is 299 g/mol. The molecule has 1 aliphatic rings. The molecule has 0 unspecified atom stereocenters. The van der Waals surface area contributed by atoms with Crippen molar-refractivity contribution in [1.29, 1.82) is 0 Å². The van der Waals surface area contributed by atoms with Crippen LogP contribution < -0.4 is 5.32 Å². The van der Waals surface area contributed by atoms with E-state index in [0.29, 0.717) is 5.25 Å². The lowest BCUT2D eigenvalue weighted by Crippen LogP contribution is -2.25. The smallest absolute Gasteiger partial charge is 0.103 e. The number of hydrogen-bond donors (Lipinski definition) is 1. The van der Waals surface area contributed by atoms with E-state index in [2.05, 4.69) is 26.1 Å². The van der Waals surface area contributed by atoms with E-state index < -0.39 is 0 Å². The summed E-state index contributed by atoms with van der Waals surface area (Å²) in [5, 5.41) is 5.71. The van der Waals surface area contributed by atoms with Crippen LogP contribution in [0, 0.1) is 0 Å². The van der Waals surface area contributed by atoms with E-state index in [1.165, 1.54) is 41.3 Å². The van der Waals surface area contributed by atoms with Gasteiger partial charge in [-0.25, -0.2) is 4.98 Å². The summed E-state index contributed by atoms with van der Waals surface area (Å²) in [5.41, 5.74) is 1.31. The van der Waals surface area contributed by atoms with Crippen molar-refractivity contribution >= 4 is 23.1 Å². The summed E-state index contributed by atoms with van der Waals surface area (Å²) in [6.07, 6.45) is 6.58. The van der Waals surface area contributed by atoms with Crippen molar-refractivity contribution in [3.63, 3.8) is 0 Å². The molecule has 0 bridgehead atoms. The van der Waals surface area contributed by atoms with Crippen LogP contribution in [0.15, 0.2) is 0 Å². The van der Waals surface area contributed by atoms with Gasteiger partial charge in [-0.1, -0.05) is 33.6 Å². The molecule has 0 spiro atoms. The maximum absolute atomic E-state index is 4.80. The number of rotatable bonds is 7. The lowest BCUT2D eigenvalue weighted by atomic mass is 10.2. The van der Waals surface area contributed by atoms with Crippen molar-refractivity contribution in [3.05, 3.63) is 15.6 Å². The Kier molecular flexibility index (Phi) is 6.17. The minimum atomic E-state index is 0.689. The van der Waals surface area contributed by atoms with Crippen LogP contribution in [0.25, 0.3) is 0 Å². The topological polar surface area (TPSA) is 24.9 Å². The lowest BCUT2D eigenvalue weighted by Gasteiger charge is -2.10. The van der Waals surface area contributed by atoms with Gasteiger partial charge >= 0.3 is 0 Å². The Morgan fingerprint density at radius 1 is 1.37 bits per heavy atom. The van der Waals surface area contributed by atoms with Gasteiger partial charge in [-0.2, -0.15) is 11.8 Å². The molecule has 1 fully saturated rings. The zero-order valence-electron chi connectivity index (χ0n) is 12.4. The van der Waals surface area contributed by atoms with E-state index >= 15 is 0 Å². The molecule has 1 saturated carbocycles. The van der Waals surface area contributed by atoms with Crippen LogP contribution in [0.5, 0.6) is 0 Å². The molecular formula is C15H26N2S2. The highest BCUT2D eigenvalue weighted by molar-refractivity contribution is 7.99. The summed E-state index contributed by atoms with van der Waals surface area (Å²) < 4.78 is 0. The van der Waals surface area contributed by atoms with Crippen molar-refractivity contribution in [1.82, 2.24) is 10.3 Å². The van der Waals surface area contributed by atoms with Crippen LogP contribution in [-0.2, 0) is 18.7 Å². The summed E-state index contributed by atoms with van der Waals surface area (Å²) in [7, 11) is 0. The van der Waals surface area contributed by atoms with Gasteiger partial charge in [-0.3, -0.25) is 0 Å². The van der Waals surface area contributed by atoms with E-state index in [1.54, 1.807) is 0 Å². The second-order valence-corrected chi connectivity index (χ2v) is 8.29. The van der Waals surface area contributed by atoms with Crippen LogP contribution in [0.4, 0.5) is 0 Å². The van der Waals surface area contributed by atoms with Crippen molar-refractivity contribution in [2.45, 2.75) is 76.5 Å². The molecule has 0 aliphatic heterocycles. The fourth-order valence-corrected chi connectivity index (χ4v) is 4.40. The molecule has 0 aromatic carbocycles. The molecule has 1 aliphatic carbocycles. The van der Waals surface area contributed by atoms with Crippen molar-refractivity contribution in [2.24, 2.45) is 0 Å². The molecule has 1 N–H and O–H groups in total. The van der Waals surface area contributed by atoms with Gasteiger partial charge in [0.1, 0.15) is 5.01 Å². The SMILES string of the molecule is CCc1nc(CSC(C)C)sc1CNC1CCCC1. The molecule has 1 aromatic heterocycles. The standard InChI is InChI=1S/C15H26N2S2/c1-4-13-14(9-16-12-7-5-6-8-12)19-15(17-13)10-18-11(2)3/h11-12,16H,4-10H2,1-3H3. The number of nitrogens with zero attached hydrogens (tertiary/aromatic N) is 1. The highest BCUT2D eigenvalue weighted by Crippen LogP contribution is 2.26. The molecule has 0 atom stereocenters. The van der Waals surface area contributed by atoms with E-state index in [-0.39, 0.29) is 0 Å². The zero-order chi connectivity index (χ0) is 13.7. The molecule has 2 nitrogen and oxygen atoms in total. The van der Waals surface area contributed by atoms with Crippen molar-refractivity contribution in [3.8, 4) is 0 Å². The van der Waals surface area contributed by atoms with E-state index in [9.17, 15) is 0 Å². The first-order valence-corrected chi connectivity index (χ1v) is 9.38. The highest BCUT2D eigenvalue weighted by atomic mass is 32.2. The summed E-state index contributed by atoms with van der Waals surface area (Å²) >= 11 is 3.90. The maximum Gasteiger partial charge on any atom is 0.103 e. The summed E-state index contributed by atoms with van der Waals surface area (Å²) in [6.45, 7) is 7.74. The number of nitrogens with one attached hydrogen (secondary N) is 1. The molecule has 1 heterocycles. The molecule has 2 rings (SSSR count). The Bertz CT molecular complexity index is 381. The van der Waals surface area contributed by atoms with E-state index in [4.69, 9.17) is 4.98 Å². The average Bonchev–Trinajstić information content (AvgIpc) is 3.03. The summed E-state index contributed by atoms with van der Waals surface area (Å²) in [6, 6.07) is 0.750. The van der Waals surface area contributed by atoms with Crippen LogP contribution in [-0.4, -0.2) is 16.3 Å². The molecule has 4 heteroatoms. The highest BCUT2D eigenvalue weighted by Gasteiger charge is 2.16. The summed E-state index contributed by atoms with van der Waals surface area (Å²) in [5.74, 6) is 1.07. The van der Waals surface area contributed by atoms with Gasteiger partial charge in [0.2, 0.25) is 0 Å². The van der Waals surface area contributed by atoms with Gasteiger partial charge in [0.05, 0.1) is 5.69 Å². The molecule has 0 amide bonds. The Morgan fingerprint density at radius 3 is 2.74 bits per heavy atom. The molecule has 0 saturated heterocycles. The second-order valence-electron chi connectivity index (χ2n) is 5.55. The molecule has 0 radical (unpaired) electrons. The second kappa shape index (κ2) is 7.65. The molecular weight excluding hydrogens is 272 g/mol. The number of hydrogen-bond acceptors (Lipinski definition) is 4. The Hall–Kier alpha value is -0.0600. The zero-order valence-corrected chi connectivity index (χ0v) is 14.0. The minimum Gasteiger partial charge on any atom is -0.309 e. The number of aryl methyl sites for hydroxylation is 1. The summed E-state index contributed by atoms with van der Waals surface area (Å²) in [4.78, 5) is 6.27. The normalized spacial score (nSPS) is 16.6. The largest absolute Gasteiger partial charge is 0.309 e. The Balaban J connectivity index is 1.90. The van der Waals surface area contributed by atoms with E-state index in [1.807, 2.05) is 23.1 Å². The van der Waals surface area contributed by atoms with Crippen LogP contribution in [0.1, 0.15) is 62.0 Å².